The maximum atomic E-state index is 12.2. The number of nitrogens with zero attached hydrogens (tertiary/aromatic N) is 5. The van der Waals surface area contributed by atoms with E-state index in [9.17, 15) is 4.79 Å². The van der Waals surface area contributed by atoms with Gasteiger partial charge in [0.1, 0.15) is 5.82 Å². The summed E-state index contributed by atoms with van der Waals surface area (Å²) in [5, 5.41) is 7.07. The highest BCUT2D eigenvalue weighted by molar-refractivity contribution is 5.90. The minimum atomic E-state index is -0.184. The highest BCUT2D eigenvalue weighted by Crippen LogP contribution is 2.31. The van der Waals surface area contributed by atoms with Gasteiger partial charge in [0.15, 0.2) is 5.82 Å². The van der Waals surface area contributed by atoms with E-state index in [0.717, 1.165) is 5.82 Å². The van der Waals surface area contributed by atoms with Crippen LogP contribution in [0.5, 0.6) is 0 Å². The number of hydrogen-bond acceptors (Lipinski definition) is 5. The van der Waals surface area contributed by atoms with Gasteiger partial charge in [-0.1, -0.05) is 33.1 Å². The van der Waals surface area contributed by atoms with Gasteiger partial charge < -0.3 is 0 Å². The maximum absolute atomic E-state index is 12.2. The first-order valence-electron chi connectivity index (χ1n) is 9.04. The van der Waals surface area contributed by atoms with Crippen LogP contribution in [-0.4, -0.2) is 30.6 Å². The smallest absolute Gasteiger partial charge is 0.234 e. The van der Waals surface area contributed by atoms with Crippen molar-refractivity contribution in [3.8, 4) is 0 Å². The molecule has 0 radical (unpaired) electrons. The summed E-state index contributed by atoms with van der Waals surface area (Å²) in [7, 11) is 1.80. The van der Waals surface area contributed by atoms with Crippen LogP contribution in [0.25, 0.3) is 0 Å². The molecule has 0 saturated heterocycles. The highest BCUT2D eigenvalue weighted by Gasteiger charge is 2.17. The molecule has 2 aromatic rings. The maximum Gasteiger partial charge on any atom is 0.234 e. The fourth-order valence-corrected chi connectivity index (χ4v) is 3.20. The summed E-state index contributed by atoms with van der Waals surface area (Å²) >= 11 is 0. The van der Waals surface area contributed by atoms with Crippen molar-refractivity contribution >= 4 is 11.9 Å². The first kappa shape index (κ1) is 17.5. The van der Waals surface area contributed by atoms with Gasteiger partial charge in [0, 0.05) is 25.4 Å². The summed E-state index contributed by atoms with van der Waals surface area (Å²) in [5.41, 5.74) is 1.17. The van der Waals surface area contributed by atoms with Gasteiger partial charge in [0.05, 0.1) is 6.42 Å². The number of rotatable bonds is 5. The summed E-state index contributed by atoms with van der Waals surface area (Å²) in [6.45, 7) is 4.06. The molecule has 2 heterocycles. The average molecular weight is 342 g/mol. The molecular weight excluding hydrogens is 316 g/mol. The lowest BCUT2D eigenvalue weighted by Crippen LogP contribution is -2.19. The summed E-state index contributed by atoms with van der Waals surface area (Å²) in [6.07, 6.45) is 10.1. The fourth-order valence-electron chi connectivity index (χ4n) is 3.20. The third-order valence-corrected chi connectivity index (χ3v) is 4.70. The van der Waals surface area contributed by atoms with E-state index in [2.05, 4.69) is 25.4 Å². The minimum Gasteiger partial charge on any atom is -0.294 e. The van der Waals surface area contributed by atoms with Crippen molar-refractivity contribution < 1.29 is 4.79 Å². The second kappa shape index (κ2) is 7.72. The zero-order chi connectivity index (χ0) is 17.8. The van der Waals surface area contributed by atoms with E-state index in [4.69, 9.17) is 0 Å². The number of nitrogens with one attached hydrogen (secondary N) is 1. The van der Waals surface area contributed by atoms with Crippen LogP contribution in [0.4, 0.5) is 5.95 Å². The zero-order valence-corrected chi connectivity index (χ0v) is 15.2. The van der Waals surface area contributed by atoms with Crippen LogP contribution in [0.15, 0.2) is 12.4 Å². The molecule has 0 unspecified atom stereocenters. The number of carbonyl (C=O) groups is 1. The number of hydrogen-bond donors (Lipinski definition) is 1. The van der Waals surface area contributed by atoms with Crippen molar-refractivity contribution in [2.45, 2.75) is 64.2 Å². The molecule has 1 N–H and O–H groups in total. The van der Waals surface area contributed by atoms with Crippen LogP contribution in [0.1, 0.15) is 75.0 Å². The topological polar surface area (TPSA) is 85.6 Å². The molecule has 0 aromatic carbocycles. The van der Waals surface area contributed by atoms with Crippen molar-refractivity contribution in [2.24, 2.45) is 7.05 Å². The van der Waals surface area contributed by atoms with Gasteiger partial charge in [0.2, 0.25) is 11.9 Å². The minimum absolute atomic E-state index is 0.157. The number of carbonyl (C=O) groups excluding carboxylic acids is 1. The lowest BCUT2D eigenvalue weighted by Gasteiger charge is -2.21. The summed E-state index contributed by atoms with van der Waals surface area (Å²) in [6, 6.07) is 0. The molecule has 0 bridgehead atoms. The molecule has 134 valence electrons. The zero-order valence-electron chi connectivity index (χ0n) is 15.2. The molecule has 25 heavy (non-hydrogen) atoms. The number of aryl methyl sites for hydroxylation is 1. The van der Waals surface area contributed by atoms with Crippen molar-refractivity contribution in [1.82, 2.24) is 24.7 Å². The van der Waals surface area contributed by atoms with E-state index < -0.39 is 0 Å². The quantitative estimate of drug-likeness (QED) is 0.903. The lowest BCUT2D eigenvalue weighted by atomic mass is 9.85. The van der Waals surface area contributed by atoms with Crippen LogP contribution in [0, 0.1) is 0 Å². The molecule has 7 heteroatoms. The largest absolute Gasteiger partial charge is 0.294 e. The number of amides is 1. The van der Waals surface area contributed by atoms with Gasteiger partial charge in [-0.15, -0.1) is 0 Å². The summed E-state index contributed by atoms with van der Waals surface area (Å²) < 4.78 is 1.65. The molecular formula is C18H26N6O. The van der Waals surface area contributed by atoms with Crippen molar-refractivity contribution in [1.29, 1.82) is 0 Å². The molecule has 0 aliphatic heterocycles. The molecule has 1 amide bonds. The van der Waals surface area contributed by atoms with Gasteiger partial charge in [-0.05, 0) is 24.3 Å². The van der Waals surface area contributed by atoms with Crippen LogP contribution in [-0.2, 0) is 18.3 Å². The van der Waals surface area contributed by atoms with Gasteiger partial charge in [0.25, 0.3) is 0 Å². The average Bonchev–Trinajstić information content (AvgIpc) is 2.97. The van der Waals surface area contributed by atoms with E-state index in [1.807, 2.05) is 26.2 Å². The predicted molar refractivity (Wildman–Crippen MR) is 95.3 cm³/mol. The van der Waals surface area contributed by atoms with Gasteiger partial charge in [-0.25, -0.2) is 15.0 Å². The van der Waals surface area contributed by atoms with Crippen molar-refractivity contribution in [2.75, 3.05) is 5.32 Å². The van der Waals surface area contributed by atoms with E-state index >= 15 is 0 Å². The van der Waals surface area contributed by atoms with Crippen LogP contribution in [0.3, 0.4) is 0 Å². The Bertz CT molecular complexity index is 716. The summed E-state index contributed by atoms with van der Waals surface area (Å²) in [5.74, 6) is 2.34. The van der Waals surface area contributed by atoms with E-state index in [-0.39, 0.29) is 18.2 Å². The highest BCUT2D eigenvalue weighted by atomic mass is 16.1. The molecule has 3 rings (SSSR count). The van der Waals surface area contributed by atoms with Gasteiger partial charge >= 0.3 is 0 Å². The van der Waals surface area contributed by atoms with E-state index in [0.29, 0.717) is 17.7 Å². The van der Waals surface area contributed by atoms with Gasteiger partial charge in [-0.2, -0.15) is 5.10 Å². The fraction of sp³-hybridized carbons (Fsp3) is 0.611. The lowest BCUT2D eigenvalue weighted by molar-refractivity contribution is -0.115. The normalized spacial score (nSPS) is 15.5. The molecule has 1 aliphatic rings. The first-order chi connectivity index (χ1) is 12.0. The van der Waals surface area contributed by atoms with Crippen molar-refractivity contribution in [3.05, 3.63) is 29.6 Å². The molecule has 1 fully saturated rings. The molecule has 2 aromatic heterocycles. The van der Waals surface area contributed by atoms with Crippen molar-refractivity contribution in [3.63, 3.8) is 0 Å². The molecule has 7 nitrogen and oxygen atoms in total. The van der Waals surface area contributed by atoms with Crippen LogP contribution >= 0.6 is 0 Å². The van der Waals surface area contributed by atoms with E-state index in [1.54, 1.807) is 11.7 Å². The third kappa shape index (κ3) is 4.41. The first-order valence-corrected chi connectivity index (χ1v) is 9.04. The third-order valence-electron chi connectivity index (χ3n) is 4.70. The Morgan fingerprint density at radius 1 is 1.24 bits per heavy atom. The molecule has 1 saturated carbocycles. The Kier molecular flexibility index (Phi) is 5.40. The Labute approximate surface area is 148 Å². The Morgan fingerprint density at radius 2 is 1.92 bits per heavy atom. The predicted octanol–water partition coefficient (Wildman–Crippen LogP) is 2.96. The second-order valence-corrected chi connectivity index (χ2v) is 7.06. The number of aromatic nitrogens is 5. The Morgan fingerprint density at radius 3 is 2.52 bits per heavy atom. The SMILES string of the molecule is CC(C)c1nc(CC(=O)Nc2ncc(C3CCCCC3)cn2)n(C)n1. The van der Waals surface area contributed by atoms with Crippen LogP contribution < -0.4 is 5.32 Å². The number of anilines is 1. The Hall–Kier alpha value is -2.31. The molecule has 0 spiro atoms. The molecule has 1 aliphatic carbocycles. The standard InChI is InChI=1S/C18H26N6O/c1-12(2)17-21-15(24(3)23-17)9-16(25)22-18-19-10-14(11-20-18)13-7-5-4-6-8-13/h10-13H,4-9H2,1-3H3,(H,19,20,22,25). The Balaban J connectivity index is 1.59. The van der Waals surface area contributed by atoms with E-state index in [1.165, 1.54) is 37.7 Å². The summed E-state index contributed by atoms with van der Waals surface area (Å²) in [4.78, 5) is 25.3. The molecule has 0 atom stereocenters. The monoisotopic (exact) mass is 342 g/mol. The van der Waals surface area contributed by atoms with Gasteiger partial charge in [-0.3, -0.25) is 14.8 Å². The van der Waals surface area contributed by atoms with Crippen LogP contribution in [0.2, 0.25) is 0 Å². The second-order valence-electron chi connectivity index (χ2n) is 7.06.